The highest BCUT2D eigenvalue weighted by Crippen LogP contribution is 2.21. The maximum atomic E-state index is 11.6. The van der Waals surface area contributed by atoms with Crippen LogP contribution in [0.2, 0.25) is 0 Å². The first-order valence-electron chi connectivity index (χ1n) is 7.08. The molecule has 0 aliphatic rings. The summed E-state index contributed by atoms with van der Waals surface area (Å²) in [6.45, 7) is 9.12. The van der Waals surface area contributed by atoms with Gasteiger partial charge >= 0.3 is 4.87 Å². The largest absolute Gasteiger partial charge is 0.316 e. The van der Waals surface area contributed by atoms with Crippen molar-refractivity contribution in [1.82, 2.24) is 9.88 Å². The zero-order valence-electron chi connectivity index (χ0n) is 12.3. The van der Waals surface area contributed by atoms with E-state index < -0.39 is 0 Å². The molecule has 1 heterocycles. The van der Waals surface area contributed by atoms with E-state index in [9.17, 15) is 4.79 Å². The molecule has 0 fully saturated rings. The lowest BCUT2D eigenvalue weighted by Gasteiger charge is -2.20. The molecule has 1 N–H and O–H groups in total. The topological polar surface area (TPSA) is 36.1 Å². The third-order valence-corrected chi connectivity index (χ3v) is 4.28. The number of aromatic nitrogens is 1. The molecule has 2 aromatic rings. The van der Waals surface area contributed by atoms with Crippen molar-refractivity contribution in [3.8, 4) is 0 Å². The first-order chi connectivity index (χ1) is 9.60. The molecular formula is C16H22N2OS. The van der Waals surface area contributed by atoms with E-state index in [2.05, 4.69) is 54.9 Å². The normalized spacial score (nSPS) is 11.4. The maximum Gasteiger partial charge on any atom is 0.304 e. The summed E-state index contributed by atoms with van der Waals surface area (Å²) in [5.41, 5.74) is 2.40. The number of nitrogens with one attached hydrogen (secondary N) is 1. The Morgan fingerprint density at radius 1 is 1.20 bits per heavy atom. The minimum absolute atomic E-state index is 0.0551. The molecule has 0 unspecified atom stereocenters. The first kappa shape index (κ1) is 15.0. The van der Waals surface area contributed by atoms with E-state index in [-0.39, 0.29) is 4.87 Å². The fourth-order valence-electron chi connectivity index (χ4n) is 2.28. The molecule has 0 spiro atoms. The van der Waals surface area contributed by atoms with Crippen LogP contribution in [0.3, 0.4) is 0 Å². The van der Waals surface area contributed by atoms with Crippen LogP contribution in [-0.4, -0.2) is 16.4 Å². The summed E-state index contributed by atoms with van der Waals surface area (Å²) in [4.78, 5) is 18.1. The minimum Gasteiger partial charge on any atom is -0.316 e. The van der Waals surface area contributed by atoms with E-state index in [1.807, 2.05) is 6.07 Å². The van der Waals surface area contributed by atoms with E-state index in [4.69, 9.17) is 0 Å². The molecule has 0 amide bonds. The second kappa shape index (κ2) is 6.86. The van der Waals surface area contributed by atoms with Gasteiger partial charge in [-0.3, -0.25) is 9.69 Å². The Morgan fingerprint density at radius 3 is 2.50 bits per heavy atom. The van der Waals surface area contributed by atoms with Crippen LogP contribution in [0.15, 0.2) is 35.1 Å². The van der Waals surface area contributed by atoms with Gasteiger partial charge in [0.2, 0.25) is 0 Å². The molecule has 0 saturated heterocycles. The predicted octanol–water partition coefficient (Wildman–Crippen LogP) is 3.58. The predicted molar refractivity (Wildman–Crippen MR) is 85.3 cm³/mol. The van der Waals surface area contributed by atoms with Crippen LogP contribution < -0.4 is 4.87 Å². The molecule has 0 saturated carbocycles. The van der Waals surface area contributed by atoms with Crippen molar-refractivity contribution in [3.05, 3.63) is 56.1 Å². The zero-order chi connectivity index (χ0) is 14.5. The number of hydrogen-bond donors (Lipinski definition) is 1. The number of aromatic amines is 1. The van der Waals surface area contributed by atoms with Gasteiger partial charge < -0.3 is 4.98 Å². The summed E-state index contributed by atoms with van der Waals surface area (Å²) < 4.78 is 0. The molecular weight excluding hydrogens is 268 g/mol. The van der Waals surface area contributed by atoms with Crippen molar-refractivity contribution in [2.45, 2.75) is 39.8 Å². The SMILES string of the molecule is CCN(Cc1ccccc1)Cc1sc(=O)[nH]c1C(C)C. The van der Waals surface area contributed by atoms with Crippen LogP contribution in [-0.2, 0) is 13.1 Å². The van der Waals surface area contributed by atoms with Gasteiger partial charge in [0.15, 0.2) is 0 Å². The summed E-state index contributed by atoms with van der Waals surface area (Å²) in [6, 6.07) is 10.5. The number of nitrogens with zero attached hydrogens (tertiary/aromatic N) is 1. The molecule has 0 radical (unpaired) electrons. The summed E-state index contributed by atoms with van der Waals surface area (Å²) >= 11 is 1.34. The lowest BCUT2D eigenvalue weighted by Crippen LogP contribution is -2.22. The van der Waals surface area contributed by atoms with E-state index in [1.54, 1.807) is 0 Å². The molecule has 0 aliphatic carbocycles. The maximum absolute atomic E-state index is 11.6. The van der Waals surface area contributed by atoms with Crippen LogP contribution in [0, 0.1) is 0 Å². The van der Waals surface area contributed by atoms with Gasteiger partial charge in [0.05, 0.1) is 0 Å². The van der Waals surface area contributed by atoms with E-state index >= 15 is 0 Å². The van der Waals surface area contributed by atoms with Gasteiger partial charge in [-0.25, -0.2) is 0 Å². The van der Waals surface area contributed by atoms with E-state index in [1.165, 1.54) is 21.8 Å². The van der Waals surface area contributed by atoms with Gasteiger partial charge in [0.25, 0.3) is 0 Å². The average molecular weight is 290 g/mol. The van der Waals surface area contributed by atoms with Crippen LogP contribution >= 0.6 is 11.3 Å². The van der Waals surface area contributed by atoms with Gasteiger partial charge in [-0.2, -0.15) is 0 Å². The molecule has 20 heavy (non-hydrogen) atoms. The molecule has 108 valence electrons. The van der Waals surface area contributed by atoms with Crippen molar-refractivity contribution in [2.75, 3.05) is 6.54 Å². The highest BCUT2D eigenvalue weighted by molar-refractivity contribution is 7.09. The van der Waals surface area contributed by atoms with Gasteiger partial charge in [-0.05, 0) is 18.0 Å². The summed E-state index contributed by atoms with van der Waals surface area (Å²) in [6.07, 6.45) is 0. The van der Waals surface area contributed by atoms with Crippen molar-refractivity contribution < 1.29 is 0 Å². The zero-order valence-corrected chi connectivity index (χ0v) is 13.2. The Morgan fingerprint density at radius 2 is 1.90 bits per heavy atom. The lowest BCUT2D eigenvalue weighted by atomic mass is 10.1. The van der Waals surface area contributed by atoms with Crippen molar-refractivity contribution >= 4 is 11.3 Å². The van der Waals surface area contributed by atoms with Crippen LogP contribution in [0.5, 0.6) is 0 Å². The highest BCUT2D eigenvalue weighted by atomic mass is 32.1. The fourth-order valence-corrected chi connectivity index (χ4v) is 3.31. The van der Waals surface area contributed by atoms with Crippen LogP contribution in [0.4, 0.5) is 0 Å². The molecule has 2 rings (SSSR count). The second-order valence-corrected chi connectivity index (χ2v) is 6.36. The summed E-state index contributed by atoms with van der Waals surface area (Å²) in [5, 5.41) is 0. The number of benzene rings is 1. The molecule has 3 nitrogen and oxygen atoms in total. The van der Waals surface area contributed by atoms with Gasteiger partial charge in [-0.1, -0.05) is 62.4 Å². The lowest BCUT2D eigenvalue weighted by molar-refractivity contribution is 0.272. The Bertz CT molecular complexity index is 586. The third-order valence-electron chi connectivity index (χ3n) is 3.39. The second-order valence-electron chi connectivity index (χ2n) is 5.29. The van der Waals surface area contributed by atoms with Crippen molar-refractivity contribution in [2.24, 2.45) is 0 Å². The summed E-state index contributed by atoms with van der Waals surface area (Å²) in [5.74, 6) is 0.361. The summed E-state index contributed by atoms with van der Waals surface area (Å²) in [7, 11) is 0. The Kier molecular flexibility index (Phi) is 5.15. The molecule has 1 aromatic heterocycles. The van der Waals surface area contributed by atoms with Gasteiger partial charge in [0.1, 0.15) is 0 Å². The smallest absolute Gasteiger partial charge is 0.304 e. The van der Waals surface area contributed by atoms with Gasteiger partial charge in [-0.15, -0.1) is 0 Å². The molecule has 0 bridgehead atoms. The van der Waals surface area contributed by atoms with E-state index in [0.717, 1.165) is 25.3 Å². The molecule has 1 aromatic carbocycles. The number of hydrogen-bond acceptors (Lipinski definition) is 3. The quantitative estimate of drug-likeness (QED) is 0.882. The number of thiazole rings is 1. The number of H-pyrrole nitrogens is 1. The van der Waals surface area contributed by atoms with Gasteiger partial charge in [0, 0.05) is 23.7 Å². The first-order valence-corrected chi connectivity index (χ1v) is 7.90. The Balaban J connectivity index is 2.12. The minimum atomic E-state index is 0.0551. The molecule has 4 heteroatoms. The van der Waals surface area contributed by atoms with Crippen LogP contribution in [0.1, 0.15) is 42.8 Å². The monoisotopic (exact) mass is 290 g/mol. The Labute approximate surface area is 124 Å². The third kappa shape index (κ3) is 3.81. The average Bonchev–Trinajstić information content (AvgIpc) is 2.80. The van der Waals surface area contributed by atoms with E-state index in [0.29, 0.717) is 5.92 Å². The standard InChI is InChI=1S/C16H22N2OS/c1-4-18(10-13-8-6-5-7-9-13)11-14-15(12(2)3)17-16(19)20-14/h5-9,12H,4,10-11H2,1-3H3,(H,17,19). The Hall–Kier alpha value is -1.39. The number of rotatable bonds is 6. The van der Waals surface area contributed by atoms with Crippen LogP contribution in [0.25, 0.3) is 0 Å². The fraction of sp³-hybridized carbons (Fsp3) is 0.438. The van der Waals surface area contributed by atoms with Crippen molar-refractivity contribution in [1.29, 1.82) is 0 Å². The van der Waals surface area contributed by atoms with Crippen molar-refractivity contribution in [3.63, 3.8) is 0 Å². The highest BCUT2D eigenvalue weighted by Gasteiger charge is 2.14. The molecule has 0 atom stereocenters. The molecule has 0 aliphatic heterocycles.